The van der Waals surface area contributed by atoms with E-state index in [-0.39, 0.29) is 36.4 Å². The number of carbonyl (C=O) groups is 2. The molecule has 1 saturated carbocycles. The number of nitrogens with one attached hydrogen (secondary N) is 2. The van der Waals surface area contributed by atoms with Crippen LogP contribution in [0, 0.1) is 0 Å². The Morgan fingerprint density at radius 3 is 2.41 bits per heavy atom. The summed E-state index contributed by atoms with van der Waals surface area (Å²) in [5.74, 6) is 0.0446. The number of aryl methyl sites for hydroxylation is 2. The molecule has 2 N–H and O–H groups in total. The summed E-state index contributed by atoms with van der Waals surface area (Å²) in [4.78, 5) is 40.9. The molecule has 2 heterocycles. The van der Waals surface area contributed by atoms with Crippen LogP contribution in [-0.2, 0) is 22.7 Å². The molecule has 1 aliphatic carbocycles. The molecule has 1 fully saturated rings. The SMILES string of the molecule is CCn1c(=O)n(CC)c2nc(NC(=O)CCC(=O)NC3CCCC3)ccc21. The number of fused-ring (bicyclic) bond motifs is 1. The van der Waals surface area contributed by atoms with Gasteiger partial charge in [-0.05, 0) is 38.8 Å². The van der Waals surface area contributed by atoms with E-state index < -0.39 is 0 Å². The molecular weight excluding hydrogens is 346 g/mol. The first kappa shape index (κ1) is 19.1. The van der Waals surface area contributed by atoms with Crippen molar-refractivity contribution >= 4 is 28.8 Å². The Balaban J connectivity index is 1.63. The van der Waals surface area contributed by atoms with Gasteiger partial charge in [-0.15, -0.1) is 0 Å². The van der Waals surface area contributed by atoms with Crippen LogP contribution in [0.15, 0.2) is 16.9 Å². The van der Waals surface area contributed by atoms with Gasteiger partial charge in [-0.3, -0.25) is 18.7 Å². The van der Waals surface area contributed by atoms with E-state index in [1.807, 2.05) is 13.8 Å². The van der Waals surface area contributed by atoms with Crippen LogP contribution in [0.3, 0.4) is 0 Å². The first-order chi connectivity index (χ1) is 13.0. The number of amides is 2. The molecule has 27 heavy (non-hydrogen) atoms. The standard InChI is InChI=1S/C19H27N5O3/c1-3-23-14-9-10-15(22-18(14)24(4-2)19(23)27)21-17(26)12-11-16(25)20-13-7-5-6-8-13/h9-10,13H,3-8,11-12H2,1-2H3,(H,20,25)(H,21,22,26). The van der Waals surface area contributed by atoms with E-state index in [1.165, 1.54) is 0 Å². The Morgan fingerprint density at radius 2 is 1.74 bits per heavy atom. The van der Waals surface area contributed by atoms with Gasteiger partial charge in [0.05, 0.1) is 5.52 Å². The summed E-state index contributed by atoms with van der Waals surface area (Å²) in [6, 6.07) is 3.74. The van der Waals surface area contributed by atoms with Gasteiger partial charge in [-0.25, -0.2) is 9.78 Å². The van der Waals surface area contributed by atoms with Gasteiger partial charge in [0.2, 0.25) is 11.8 Å². The molecule has 2 amide bonds. The van der Waals surface area contributed by atoms with E-state index in [4.69, 9.17) is 0 Å². The first-order valence-corrected chi connectivity index (χ1v) is 9.72. The lowest BCUT2D eigenvalue weighted by molar-refractivity contribution is -0.124. The highest BCUT2D eigenvalue weighted by molar-refractivity contribution is 5.93. The van der Waals surface area contributed by atoms with Gasteiger partial charge in [-0.2, -0.15) is 0 Å². The van der Waals surface area contributed by atoms with Crippen molar-refractivity contribution in [2.45, 2.75) is 71.5 Å². The zero-order valence-electron chi connectivity index (χ0n) is 16.0. The molecule has 8 heteroatoms. The fraction of sp³-hybridized carbons (Fsp3) is 0.579. The molecule has 146 valence electrons. The van der Waals surface area contributed by atoms with Gasteiger partial charge in [0.1, 0.15) is 5.82 Å². The van der Waals surface area contributed by atoms with Gasteiger partial charge in [0.25, 0.3) is 0 Å². The maximum atomic E-state index is 12.4. The predicted molar refractivity (Wildman–Crippen MR) is 104 cm³/mol. The molecule has 0 aromatic carbocycles. The highest BCUT2D eigenvalue weighted by atomic mass is 16.2. The number of imidazole rings is 1. The summed E-state index contributed by atoms with van der Waals surface area (Å²) in [6.45, 7) is 4.86. The average molecular weight is 373 g/mol. The molecule has 0 radical (unpaired) electrons. The third-order valence-corrected chi connectivity index (χ3v) is 5.06. The molecule has 2 aromatic heterocycles. The molecule has 0 atom stereocenters. The number of aromatic nitrogens is 3. The van der Waals surface area contributed by atoms with Crippen LogP contribution in [0.4, 0.5) is 5.82 Å². The van der Waals surface area contributed by atoms with Crippen molar-refractivity contribution < 1.29 is 9.59 Å². The summed E-state index contributed by atoms with van der Waals surface area (Å²) in [5, 5.41) is 5.70. The molecule has 0 saturated heterocycles. The quantitative estimate of drug-likeness (QED) is 0.776. The van der Waals surface area contributed by atoms with Crippen molar-refractivity contribution in [3.63, 3.8) is 0 Å². The van der Waals surface area contributed by atoms with Crippen molar-refractivity contribution in [2.24, 2.45) is 0 Å². The molecular formula is C19H27N5O3. The summed E-state index contributed by atoms with van der Waals surface area (Å²) in [6.07, 6.45) is 4.63. The van der Waals surface area contributed by atoms with Crippen LogP contribution >= 0.6 is 0 Å². The van der Waals surface area contributed by atoms with Crippen LogP contribution in [0.2, 0.25) is 0 Å². The number of hydrogen-bond donors (Lipinski definition) is 2. The van der Waals surface area contributed by atoms with Gasteiger partial charge in [0.15, 0.2) is 5.65 Å². The molecule has 0 unspecified atom stereocenters. The van der Waals surface area contributed by atoms with Crippen molar-refractivity contribution in [1.82, 2.24) is 19.4 Å². The summed E-state index contributed by atoms with van der Waals surface area (Å²) in [5.41, 5.74) is 1.20. The Labute approximate surface area is 158 Å². The minimum Gasteiger partial charge on any atom is -0.353 e. The molecule has 0 bridgehead atoms. The third kappa shape index (κ3) is 4.20. The highest BCUT2D eigenvalue weighted by Crippen LogP contribution is 2.18. The lowest BCUT2D eigenvalue weighted by Crippen LogP contribution is -2.33. The van der Waals surface area contributed by atoms with E-state index in [2.05, 4.69) is 15.6 Å². The lowest BCUT2D eigenvalue weighted by atomic mass is 10.2. The van der Waals surface area contributed by atoms with Crippen LogP contribution in [0.1, 0.15) is 52.4 Å². The fourth-order valence-electron chi connectivity index (χ4n) is 3.65. The smallest absolute Gasteiger partial charge is 0.330 e. The minimum atomic E-state index is -0.260. The van der Waals surface area contributed by atoms with E-state index in [9.17, 15) is 14.4 Å². The second-order valence-electron chi connectivity index (χ2n) is 6.91. The normalized spacial score (nSPS) is 14.6. The maximum absolute atomic E-state index is 12.4. The van der Waals surface area contributed by atoms with Gasteiger partial charge < -0.3 is 10.6 Å². The average Bonchev–Trinajstić information content (AvgIpc) is 3.24. The first-order valence-electron chi connectivity index (χ1n) is 9.72. The summed E-state index contributed by atoms with van der Waals surface area (Å²) >= 11 is 0. The number of pyridine rings is 1. The van der Waals surface area contributed by atoms with E-state index >= 15 is 0 Å². The van der Waals surface area contributed by atoms with Crippen LogP contribution in [0.25, 0.3) is 11.2 Å². The van der Waals surface area contributed by atoms with Crippen LogP contribution in [0.5, 0.6) is 0 Å². The summed E-state index contributed by atoms with van der Waals surface area (Å²) in [7, 11) is 0. The number of carbonyl (C=O) groups excluding carboxylic acids is 2. The fourth-order valence-corrected chi connectivity index (χ4v) is 3.65. The monoisotopic (exact) mass is 373 g/mol. The predicted octanol–water partition coefficient (Wildman–Crippen LogP) is 2.02. The number of anilines is 1. The van der Waals surface area contributed by atoms with E-state index in [1.54, 1.807) is 21.3 Å². The molecule has 2 aromatic rings. The number of rotatable bonds is 7. The van der Waals surface area contributed by atoms with Gasteiger partial charge >= 0.3 is 5.69 Å². The topological polar surface area (TPSA) is 98.0 Å². The number of hydrogen-bond acceptors (Lipinski definition) is 4. The minimum absolute atomic E-state index is 0.0831. The second kappa shape index (κ2) is 8.37. The van der Waals surface area contributed by atoms with E-state index in [0.29, 0.717) is 24.6 Å². The molecule has 3 rings (SSSR count). The largest absolute Gasteiger partial charge is 0.353 e. The molecule has 1 aliphatic rings. The van der Waals surface area contributed by atoms with E-state index in [0.717, 1.165) is 31.2 Å². The Bertz CT molecular complexity index is 893. The Morgan fingerprint density at radius 1 is 1.07 bits per heavy atom. The number of nitrogens with zero attached hydrogens (tertiary/aromatic N) is 3. The third-order valence-electron chi connectivity index (χ3n) is 5.06. The zero-order chi connectivity index (χ0) is 19.4. The Kier molecular flexibility index (Phi) is 5.93. The molecule has 8 nitrogen and oxygen atoms in total. The van der Waals surface area contributed by atoms with Gasteiger partial charge in [-0.1, -0.05) is 12.8 Å². The molecule has 0 spiro atoms. The highest BCUT2D eigenvalue weighted by Gasteiger charge is 2.18. The second-order valence-corrected chi connectivity index (χ2v) is 6.91. The van der Waals surface area contributed by atoms with Crippen molar-refractivity contribution in [3.05, 3.63) is 22.6 Å². The lowest BCUT2D eigenvalue weighted by Gasteiger charge is -2.11. The van der Waals surface area contributed by atoms with Crippen molar-refractivity contribution in [2.75, 3.05) is 5.32 Å². The van der Waals surface area contributed by atoms with Crippen molar-refractivity contribution in [3.8, 4) is 0 Å². The molecule has 0 aliphatic heterocycles. The van der Waals surface area contributed by atoms with Gasteiger partial charge in [0, 0.05) is 32.0 Å². The van der Waals surface area contributed by atoms with Crippen LogP contribution < -0.4 is 16.3 Å². The van der Waals surface area contributed by atoms with Crippen molar-refractivity contribution in [1.29, 1.82) is 0 Å². The summed E-state index contributed by atoms with van der Waals surface area (Å²) < 4.78 is 3.24. The maximum Gasteiger partial charge on any atom is 0.330 e. The zero-order valence-corrected chi connectivity index (χ0v) is 16.0. The Hall–Kier alpha value is -2.64. The van der Waals surface area contributed by atoms with Crippen LogP contribution in [-0.4, -0.2) is 32.0 Å².